The van der Waals surface area contributed by atoms with Gasteiger partial charge in [-0.3, -0.25) is 4.79 Å². The summed E-state index contributed by atoms with van der Waals surface area (Å²) < 4.78 is 7.57. The van der Waals surface area contributed by atoms with Gasteiger partial charge in [0.1, 0.15) is 11.5 Å². The predicted molar refractivity (Wildman–Crippen MR) is 109 cm³/mol. The number of anilines is 1. The van der Waals surface area contributed by atoms with Crippen molar-refractivity contribution in [3.05, 3.63) is 103 Å². The molecule has 1 heterocycles. The fourth-order valence-electron chi connectivity index (χ4n) is 2.83. The minimum absolute atomic E-state index is 0.107. The van der Waals surface area contributed by atoms with E-state index < -0.39 is 0 Å². The number of carbonyl (C=O) groups excluding carboxylic acids is 1. The van der Waals surface area contributed by atoms with E-state index in [2.05, 4.69) is 10.4 Å². The van der Waals surface area contributed by atoms with Crippen LogP contribution in [0, 0.1) is 0 Å². The summed E-state index contributed by atoms with van der Waals surface area (Å²) in [6, 6.07) is 26.7. The summed E-state index contributed by atoms with van der Waals surface area (Å²) in [7, 11) is 0. The van der Waals surface area contributed by atoms with E-state index in [0.717, 1.165) is 17.0 Å². The minimum Gasteiger partial charge on any atom is -0.457 e. The van der Waals surface area contributed by atoms with Crippen molar-refractivity contribution in [2.75, 3.05) is 5.32 Å². The summed E-state index contributed by atoms with van der Waals surface area (Å²) in [5.74, 6) is 1.31. The largest absolute Gasteiger partial charge is 0.457 e. The van der Waals surface area contributed by atoms with Gasteiger partial charge in [0.25, 0.3) is 0 Å². The number of ether oxygens (including phenoxy) is 1. The van der Waals surface area contributed by atoms with Crippen LogP contribution < -0.4 is 10.1 Å². The maximum absolute atomic E-state index is 12.4. The van der Waals surface area contributed by atoms with Crippen molar-refractivity contribution in [3.63, 3.8) is 0 Å². The lowest BCUT2D eigenvalue weighted by Crippen LogP contribution is -2.14. The highest BCUT2D eigenvalue weighted by molar-refractivity contribution is 5.92. The second kappa shape index (κ2) is 8.22. The molecule has 0 spiro atoms. The normalized spacial score (nSPS) is 10.4. The number of hydrogen-bond donors (Lipinski definition) is 1. The summed E-state index contributed by atoms with van der Waals surface area (Å²) in [4.78, 5) is 12.4. The Hall–Kier alpha value is -3.86. The average Bonchev–Trinajstić information content (AvgIpc) is 3.18. The third-order valence-corrected chi connectivity index (χ3v) is 4.12. The van der Waals surface area contributed by atoms with E-state index in [0.29, 0.717) is 11.4 Å². The second-order valence-electron chi connectivity index (χ2n) is 6.30. The first-order valence-electron chi connectivity index (χ1n) is 8.98. The molecule has 0 unspecified atom stereocenters. The van der Waals surface area contributed by atoms with Crippen LogP contribution in [0.2, 0.25) is 0 Å². The standard InChI is InChI=1S/C23H19N3O2/c27-23(14-18-16-24-26(17-18)20-9-3-1-4-10-20)25-19-8-7-13-22(15-19)28-21-11-5-2-6-12-21/h1-13,15-17H,14H2,(H,25,27). The molecule has 0 fully saturated rings. The van der Waals surface area contributed by atoms with Crippen LogP contribution in [-0.2, 0) is 11.2 Å². The lowest BCUT2D eigenvalue weighted by Gasteiger charge is -2.08. The second-order valence-corrected chi connectivity index (χ2v) is 6.30. The number of para-hydroxylation sites is 2. The van der Waals surface area contributed by atoms with Gasteiger partial charge in [0, 0.05) is 18.0 Å². The molecular formula is C23H19N3O2. The van der Waals surface area contributed by atoms with Crippen LogP contribution in [0.1, 0.15) is 5.56 Å². The van der Waals surface area contributed by atoms with Crippen molar-refractivity contribution in [1.29, 1.82) is 0 Å². The highest BCUT2D eigenvalue weighted by Gasteiger charge is 2.08. The molecule has 28 heavy (non-hydrogen) atoms. The van der Waals surface area contributed by atoms with Gasteiger partial charge in [-0.2, -0.15) is 5.10 Å². The van der Waals surface area contributed by atoms with Crippen LogP contribution in [0.4, 0.5) is 5.69 Å². The number of benzene rings is 3. The monoisotopic (exact) mass is 369 g/mol. The number of nitrogens with zero attached hydrogens (tertiary/aromatic N) is 2. The van der Waals surface area contributed by atoms with E-state index in [1.54, 1.807) is 16.9 Å². The predicted octanol–water partition coefficient (Wildman–Crippen LogP) is 4.85. The quantitative estimate of drug-likeness (QED) is 0.529. The van der Waals surface area contributed by atoms with Crippen molar-refractivity contribution in [3.8, 4) is 17.2 Å². The lowest BCUT2D eigenvalue weighted by atomic mass is 10.2. The smallest absolute Gasteiger partial charge is 0.228 e. The van der Waals surface area contributed by atoms with Crippen molar-refractivity contribution in [2.24, 2.45) is 0 Å². The fraction of sp³-hybridized carbons (Fsp3) is 0.0435. The highest BCUT2D eigenvalue weighted by atomic mass is 16.5. The van der Waals surface area contributed by atoms with E-state index in [1.165, 1.54) is 0 Å². The number of aromatic nitrogens is 2. The molecule has 0 saturated carbocycles. The van der Waals surface area contributed by atoms with Crippen LogP contribution in [0.25, 0.3) is 5.69 Å². The molecule has 0 aliphatic heterocycles. The zero-order chi connectivity index (χ0) is 19.2. The molecule has 138 valence electrons. The molecule has 1 N–H and O–H groups in total. The van der Waals surface area contributed by atoms with Crippen LogP contribution >= 0.6 is 0 Å². The van der Waals surface area contributed by atoms with Crippen molar-refractivity contribution in [2.45, 2.75) is 6.42 Å². The molecule has 0 aliphatic rings. The molecule has 1 amide bonds. The van der Waals surface area contributed by atoms with Crippen molar-refractivity contribution < 1.29 is 9.53 Å². The number of hydrogen-bond acceptors (Lipinski definition) is 3. The van der Waals surface area contributed by atoms with Gasteiger partial charge in [0.05, 0.1) is 18.3 Å². The van der Waals surface area contributed by atoms with Crippen LogP contribution in [-0.4, -0.2) is 15.7 Å². The van der Waals surface area contributed by atoms with Gasteiger partial charge in [-0.15, -0.1) is 0 Å². The van der Waals surface area contributed by atoms with Gasteiger partial charge in [-0.05, 0) is 42.0 Å². The Kier molecular flexibility index (Phi) is 5.15. The van der Waals surface area contributed by atoms with E-state index in [4.69, 9.17) is 4.74 Å². The highest BCUT2D eigenvalue weighted by Crippen LogP contribution is 2.24. The summed E-state index contributed by atoms with van der Waals surface area (Å²) >= 11 is 0. The molecule has 3 aromatic carbocycles. The molecule has 4 aromatic rings. The topological polar surface area (TPSA) is 56.2 Å². The van der Waals surface area contributed by atoms with Crippen LogP contribution in [0.5, 0.6) is 11.5 Å². The van der Waals surface area contributed by atoms with Gasteiger partial charge in [-0.1, -0.05) is 42.5 Å². The van der Waals surface area contributed by atoms with Crippen molar-refractivity contribution in [1.82, 2.24) is 9.78 Å². The maximum Gasteiger partial charge on any atom is 0.228 e. The van der Waals surface area contributed by atoms with Gasteiger partial charge in [0.2, 0.25) is 5.91 Å². The minimum atomic E-state index is -0.107. The first kappa shape index (κ1) is 17.5. The molecule has 0 bridgehead atoms. The Bertz CT molecular complexity index is 1060. The Morgan fingerprint density at radius 2 is 1.61 bits per heavy atom. The molecular weight excluding hydrogens is 350 g/mol. The maximum atomic E-state index is 12.4. The van der Waals surface area contributed by atoms with Crippen LogP contribution in [0.3, 0.4) is 0 Å². The Balaban J connectivity index is 1.39. The molecule has 4 rings (SSSR count). The molecule has 0 saturated heterocycles. The Morgan fingerprint density at radius 1 is 0.893 bits per heavy atom. The Morgan fingerprint density at radius 3 is 2.39 bits per heavy atom. The van der Waals surface area contributed by atoms with Gasteiger partial charge < -0.3 is 10.1 Å². The third kappa shape index (κ3) is 4.45. The first-order chi connectivity index (χ1) is 13.8. The third-order valence-electron chi connectivity index (χ3n) is 4.12. The van der Waals surface area contributed by atoms with E-state index >= 15 is 0 Å². The molecule has 0 aliphatic carbocycles. The number of carbonyl (C=O) groups is 1. The van der Waals surface area contributed by atoms with E-state index in [-0.39, 0.29) is 12.3 Å². The molecule has 5 heteroatoms. The molecule has 5 nitrogen and oxygen atoms in total. The van der Waals surface area contributed by atoms with E-state index in [1.807, 2.05) is 85.1 Å². The summed E-state index contributed by atoms with van der Waals surface area (Å²) in [5.41, 5.74) is 2.49. The number of nitrogens with one attached hydrogen (secondary N) is 1. The Labute approximate surface area is 163 Å². The van der Waals surface area contributed by atoms with Gasteiger partial charge in [0.15, 0.2) is 0 Å². The summed E-state index contributed by atoms with van der Waals surface area (Å²) in [6.45, 7) is 0. The summed E-state index contributed by atoms with van der Waals surface area (Å²) in [5, 5.41) is 7.23. The molecule has 1 aromatic heterocycles. The summed E-state index contributed by atoms with van der Waals surface area (Å²) in [6.07, 6.45) is 3.82. The lowest BCUT2D eigenvalue weighted by molar-refractivity contribution is -0.115. The number of rotatable bonds is 6. The number of amides is 1. The average molecular weight is 369 g/mol. The molecule has 0 atom stereocenters. The zero-order valence-corrected chi connectivity index (χ0v) is 15.2. The molecule has 0 radical (unpaired) electrons. The van der Waals surface area contributed by atoms with Crippen molar-refractivity contribution >= 4 is 11.6 Å². The van der Waals surface area contributed by atoms with Gasteiger partial charge >= 0.3 is 0 Å². The van der Waals surface area contributed by atoms with Crippen LogP contribution in [0.15, 0.2) is 97.3 Å². The fourth-order valence-corrected chi connectivity index (χ4v) is 2.83. The van der Waals surface area contributed by atoms with E-state index in [9.17, 15) is 4.79 Å². The zero-order valence-electron chi connectivity index (χ0n) is 15.2. The van der Waals surface area contributed by atoms with Gasteiger partial charge in [-0.25, -0.2) is 4.68 Å². The first-order valence-corrected chi connectivity index (χ1v) is 8.98. The SMILES string of the molecule is O=C(Cc1cnn(-c2ccccc2)c1)Nc1cccc(Oc2ccccc2)c1.